The molecular formula is C26H28FN3O3S. The van der Waals surface area contributed by atoms with Crippen molar-refractivity contribution in [3.05, 3.63) is 84.4 Å². The van der Waals surface area contributed by atoms with E-state index in [4.69, 9.17) is 0 Å². The summed E-state index contributed by atoms with van der Waals surface area (Å²) in [7, 11) is -3.97. The number of pyridine rings is 1. The Bertz CT molecular complexity index is 1240. The largest absolute Gasteiger partial charge is 0.395 e. The minimum absolute atomic E-state index is 0.00554. The standard InChI is InChI=1S/C26H28FN3O3S/c27-22-7-1-2-8-25(22)34(32,33)29-14-3-4-15-30-23(17-29)26(24(30)18-31)20-11-9-19(10-12-20)21-6-5-13-28-16-21/h1-2,5-13,16,23-24,26,31H,3-4,14-15,17-18H2/t23-,24+,26-/m0/s1. The van der Waals surface area contributed by atoms with Crippen LogP contribution in [0, 0.1) is 5.82 Å². The fourth-order valence-electron chi connectivity index (χ4n) is 5.35. The second-order valence-electron chi connectivity index (χ2n) is 8.95. The maximum Gasteiger partial charge on any atom is 0.246 e. The van der Waals surface area contributed by atoms with Gasteiger partial charge in [0.2, 0.25) is 10.0 Å². The highest BCUT2D eigenvalue weighted by Gasteiger charge is 2.50. The molecule has 2 aliphatic heterocycles. The quantitative estimate of drug-likeness (QED) is 0.604. The van der Waals surface area contributed by atoms with E-state index in [2.05, 4.69) is 22.0 Å². The number of fused-ring (bicyclic) bond motifs is 1. The molecule has 0 amide bonds. The predicted octanol–water partition coefficient (Wildman–Crippen LogP) is 3.50. The molecule has 2 saturated heterocycles. The Labute approximate surface area is 199 Å². The predicted molar refractivity (Wildman–Crippen MR) is 128 cm³/mol. The second-order valence-corrected chi connectivity index (χ2v) is 10.9. The van der Waals surface area contributed by atoms with Crippen LogP contribution in [0.25, 0.3) is 11.1 Å². The molecule has 0 aliphatic carbocycles. The third-order valence-electron chi connectivity index (χ3n) is 7.08. The Morgan fingerprint density at radius 2 is 1.74 bits per heavy atom. The molecule has 3 heterocycles. The van der Waals surface area contributed by atoms with Crippen LogP contribution in [-0.2, 0) is 10.0 Å². The lowest BCUT2D eigenvalue weighted by atomic mass is 9.74. The van der Waals surface area contributed by atoms with Crippen molar-refractivity contribution in [2.75, 3.05) is 26.2 Å². The van der Waals surface area contributed by atoms with E-state index in [1.807, 2.05) is 30.5 Å². The number of hydrogen-bond donors (Lipinski definition) is 1. The summed E-state index contributed by atoms with van der Waals surface area (Å²) in [6, 6.07) is 17.5. The van der Waals surface area contributed by atoms with Crippen molar-refractivity contribution in [2.24, 2.45) is 0 Å². The number of halogens is 1. The normalized spacial score (nSPS) is 24.0. The molecule has 3 aromatic rings. The van der Waals surface area contributed by atoms with Gasteiger partial charge in [0.25, 0.3) is 0 Å². The zero-order valence-electron chi connectivity index (χ0n) is 18.8. The molecule has 2 fully saturated rings. The highest BCUT2D eigenvalue weighted by atomic mass is 32.2. The lowest BCUT2D eigenvalue weighted by molar-refractivity contribution is -0.0554. The van der Waals surface area contributed by atoms with Crippen molar-refractivity contribution >= 4 is 10.0 Å². The van der Waals surface area contributed by atoms with E-state index in [1.165, 1.54) is 22.5 Å². The number of aliphatic hydroxyl groups excluding tert-OH is 1. The van der Waals surface area contributed by atoms with E-state index in [-0.39, 0.29) is 36.0 Å². The Morgan fingerprint density at radius 1 is 0.971 bits per heavy atom. The summed E-state index contributed by atoms with van der Waals surface area (Å²) in [6.45, 7) is 1.44. The second kappa shape index (κ2) is 9.54. The molecule has 5 rings (SSSR count). The van der Waals surface area contributed by atoms with Crippen molar-refractivity contribution in [2.45, 2.75) is 35.7 Å². The number of benzene rings is 2. The molecular weight excluding hydrogens is 453 g/mol. The summed E-state index contributed by atoms with van der Waals surface area (Å²) in [4.78, 5) is 6.11. The third-order valence-corrected chi connectivity index (χ3v) is 8.98. The fraction of sp³-hybridized carbons (Fsp3) is 0.346. The molecule has 0 spiro atoms. The zero-order valence-corrected chi connectivity index (χ0v) is 19.6. The van der Waals surface area contributed by atoms with Gasteiger partial charge in [0.05, 0.1) is 6.61 Å². The number of sulfonamides is 1. The van der Waals surface area contributed by atoms with Gasteiger partial charge in [-0.15, -0.1) is 0 Å². The minimum Gasteiger partial charge on any atom is -0.395 e. The highest BCUT2D eigenvalue weighted by Crippen LogP contribution is 2.43. The van der Waals surface area contributed by atoms with Gasteiger partial charge in [-0.25, -0.2) is 12.8 Å². The molecule has 2 aliphatic rings. The molecule has 178 valence electrons. The summed E-state index contributed by atoms with van der Waals surface area (Å²) >= 11 is 0. The first-order valence-electron chi connectivity index (χ1n) is 11.6. The molecule has 34 heavy (non-hydrogen) atoms. The van der Waals surface area contributed by atoms with E-state index in [9.17, 15) is 17.9 Å². The number of rotatable bonds is 5. The average molecular weight is 482 g/mol. The lowest BCUT2D eigenvalue weighted by Gasteiger charge is -2.57. The van der Waals surface area contributed by atoms with Crippen LogP contribution in [0.4, 0.5) is 4.39 Å². The topological polar surface area (TPSA) is 73.7 Å². The average Bonchev–Trinajstić information content (AvgIpc) is 2.84. The van der Waals surface area contributed by atoms with Gasteiger partial charge in [0.15, 0.2) is 0 Å². The number of aliphatic hydroxyl groups is 1. The number of aromatic nitrogens is 1. The lowest BCUT2D eigenvalue weighted by Crippen LogP contribution is -2.67. The smallest absolute Gasteiger partial charge is 0.246 e. The Kier molecular flexibility index (Phi) is 6.48. The van der Waals surface area contributed by atoms with Crippen LogP contribution in [0.3, 0.4) is 0 Å². The van der Waals surface area contributed by atoms with E-state index >= 15 is 0 Å². The van der Waals surface area contributed by atoms with Gasteiger partial charge in [-0.05, 0) is 54.3 Å². The molecule has 0 saturated carbocycles. The maximum atomic E-state index is 14.4. The molecule has 1 aromatic heterocycles. The van der Waals surface area contributed by atoms with Gasteiger partial charge < -0.3 is 5.11 Å². The number of nitrogens with zero attached hydrogens (tertiary/aromatic N) is 3. The summed E-state index contributed by atoms with van der Waals surface area (Å²) in [5.41, 5.74) is 3.14. The van der Waals surface area contributed by atoms with Crippen LogP contribution >= 0.6 is 0 Å². The summed E-state index contributed by atoms with van der Waals surface area (Å²) in [5.74, 6) is -0.741. The summed E-state index contributed by atoms with van der Waals surface area (Å²) in [6.07, 6.45) is 5.07. The van der Waals surface area contributed by atoms with Crippen LogP contribution in [0.5, 0.6) is 0 Å². The Morgan fingerprint density at radius 3 is 2.44 bits per heavy atom. The molecule has 8 heteroatoms. The molecule has 0 radical (unpaired) electrons. The van der Waals surface area contributed by atoms with Crippen molar-refractivity contribution in [1.82, 2.24) is 14.2 Å². The van der Waals surface area contributed by atoms with Gasteiger partial charge in [-0.3, -0.25) is 9.88 Å². The van der Waals surface area contributed by atoms with Gasteiger partial charge in [0.1, 0.15) is 10.7 Å². The first-order chi connectivity index (χ1) is 16.5. The summed E-state index contributed by atoms with van der Waals surface area (Å²) in [5, 5.41) is 10.2. The van der Waals surface area contributed by atoms with Crippen LogP contribution in [0.15, 0.2) is 78.0 Å². The SMILES string of the molecule is O=S(=O)(c1ccccc1F)N1CCCCN2[C@H](CO)[C@@H](c3ccc(-c4cccnc4)cc3)[C@@H]2C1. The zero-order chi connectivity index (χ0) is 23.7. The van der Waals surface area contributed by atoms with Crippen molar-refractivity contribution in [3.8, 4) is 11.1 Å². The monoisotopic (exact) mass is 481 g/mol. The first kappa shape index (κ1) is 23.1. The molecule has 0 unspecified atom stereocenters. The fourth-order valence-corrected chi connectivity index (χ4v) is 6.91. The van der Waals surface area contributed by atoms with Gasteiger partial charge >= 0.3 is 0 Å². The van der Waals surface area contributed by atoms with Crippen LogP contribution in [0.2, 0.25) is 0 Å². The first-order valence-corrected chi connectivity index (χ1v) is 13.1. The molecule has 0 bridgehead atoms. The van der Waals surface area contributed by atoms with Gasteiger partial charge in [0, 0.05) is 43.5 Å². The summed E-state index contributed by atoms with van der Waals surface area (Å²) < 4.78 is 42.5. The van der Waals surface area contributed by atoms with E-state index in [1.54, 1.807) is 12.3 Å². The molecule has 1 N–H and O–H groups in total. The van der Waals surface area contributed by atoms with E-state index < -0.39 is 15.8 Å². The van der Waals surface area contributed by atoms with Gasteiger partial charge in [-0.1, -0.05) is 42.5 Å². The molecule has 2 aromatic carbocycles. The molecule has 3 atom stereocenters. The Balaban J connectivity index is 1.44. The van der Waals surface area contributed by atoms with Crippen LogP contribution < -0.4 is 0 Å². The number of hydrogen-bond acceptors (Lipinski definition) is 5. The van der Waals surface area contributed by atoms with Crippen molar-refractivity contribution < 1.29 is 17.9 Å². The van der Waals surface area contributed by atoms with Crippen LogP contribution in [-0.4, -0.2) is 66.0 Å². The van der Waals surface area contributed by atoms with Crippen molar-refractivity contribution in [1.29, 1.82) is 0 Å². The van der Waals surface area contributed by atoms with E-state index in [0.717, 1.165) is 29.7 Å². The maximum absolute atomic E-state index is 14.4. The van der Waals surface area contributed by atoms with E-state index in [0.29, 0.717) is 13.0 Å². The molecule has 6 nitrogen and oxygen atoms in total. The highest BCUT2D eigenvalue weighted by molar-refractivity contribution is 7.89. The van der Waals surface area contributed by atoms with Crippen molar-refractivity contribution in [3.63, 3.8) is 0 Å². The van der Waals surface area contributed by atoms with Gasteiger partial charge in [-0.2, -0.15) is 4.31 Å². The third kappa shape index (κ3) is 4.15. The van der Waals surface area contributed by atoms with Crippen LogP contribution in [0.1, 0.15) is 24.3 Å². The Hall–Kier alpha value is -2.65. The minimum atomic E-state index is -3.97.